The first kappa shape index (κ1) is 22.5. The van der Waals surface area contributed by atoms with E-state index in [2.05, 4.69) is 0 Å². The molecule has 36 heavy (non-hydrogen) atoms. The van der Waals surface area contributed by atoms with Crippen molar-refractivity contribution in [2.24, 2.45) is 11.8 Å². The van der Waals surface area contributed by atoms with Gasteiger partial charge in [0.05, 0.1) is 36.8 Å². The summed E-state index contributed by atoms with van der Waals surface area (Å²) in [7, 11) is 1.27. The Morgan fingerprint density at radius 2 is 1.78 bits per heavy atom. The van der Waals surface area contributed by atoms with Crippen LogP contribution in [-0.2, 0) is 14.3 Å². The van der Waals surface area contributed by atoms with Crippen molar-refractivity contribution in [3.8, 4) is 0 Å². The van der Waals surface area contributed by atoms with E-state index in [9.17, 15) is 19.2 Å². The van der Waals surface area contributed by atoms with Gasteiger partial charge in [0.25, 0.3) is 0 Å². The molecule has 5 heterocycles. The number of fused-ring (bicyclic) bond motifs is 5. The smallest absolute Gasteiger partial charge is 0.341 e. The number of Topliss-reactive ketones (excluding diaryl/α,β-unsaturated/α-hetero) is 1. The average molecular weight is 503 g/mol. The Morgan fingerprint density at radius 3 is 2.50 bits per heavy atom. The summed E-state index contributed by atoms with van der Waals surface area (Å²) < 4.78 is 10.4. The number of imide groups is 1. The van der Waals surface area contributed by atoms with Gasteiger partial charge in [-0.3, -0.25) is 14.4 Å². The van der Waals surface area contributed by atoms with Crippen molar-refractivity contribution >= 4 is 46.0 Å². The van der Waals surface area contributed by atoms with Gasteiger partial charge in [-0.2, -0.15) is 0 Å². The third-order valence-corrected chi connectivity index (χ3v) is 8.65. The van der Waals surface area contributed by atoms with E-state index in [1.165, 1.54) is 24.7 Å². The number of anilines is 1. The minimum atomic E-state index is -0.941. The number of thiophene rings is 1. The normalized spacial score (nSPS) is 24.1. The van der Waals surface area contributed by atoms with Gasteiger partial charge in [0.15, 0.2) is 5.76 Å². The molecule has 6 rings (SSSR count). The summed E-state index contributed by atoms with van der Waals surface area (Å²) in [5.74, 6) is -3.52. The van der Waals surface area contributed by atoms with Crippen LogP contribution in [0.2, 0.25) is 0 Å². The second kappa shape index (κ2) is 8.03. The average Bonchev–Trinajstić information content (AvgIpc) is 3.64. The molecule has 0 unspecified atom stereocenters. The summed E-state index contributed by atoms with van der Waals surface area (Å²) in [4.78, 5) is 58.2. The zero-order valence-corrected chi connectivity index (χ0v) is 20.6. The number of aryl methyl sites for hydroxylation is 1. The summed E-state index contributed by atoms with van der Waals surface area (Å²) in [5.41, 5.74) is 2.67. The molecule has 0 radical (unpaired) electrons. The number of hydrogen-bond acceptors (Lipinski definition) is 8. The molecule has 0 spiro atoms. The molecule has 4 atom stereocenters. The predicted molar refractivity (Wildman–Crippen MR) is 131 cm³/mol. The molecular formula is C27H22N2O6S. The number of furan rings is 1. The lowest BCUT2D eigenvalue weighted by molar-refractivity contribution is -0.123. The summed E-state index contributed by atoms with van der Waals surface area (Å²) in [6.45, 7) is 3.59. The molecule has 2 amide bonds. The monoisotopic (exact) mass is 502 g/mol. The number of benzene rings is 1. The summed E-state index contributed by atoms with van der Waals surface area (Å²) in [6.07, 6.45) is 5.09. The number of hydrogen-bond donors (Lipinski definition) is 0. The first-order valence-corrected chi connectivity index (χ1v) is 12.3. The maximum Gasteiger partial charge on any atom is 0.341 e. The molecule has 0 bridgehead atoms. The predicted octanol–water partition coefficient (Wildman–Crippen LogP) is 4.14. The van der Waals surface area contributed by atoms with Gasteiger partial charge >= 0.3 is 5.97 Å². The summed E-state index contributed by atoms with van der Waals surface area (Å²) >= 11 is 1.20. The lowest BCUT2D eigenvalue weighted by atomic mass is 9.84. The van der Waals surface area contributed by atoms with Crippen LogP contribution < -0.4 is 4.90 Å². The molecule has 2 saturated heterocycles. The Kier molecular flexibility index (Phi) is 5.01. The van der Waals surface area contributed by atoms with E-state index in [1.54, 1.807) is 25.3 Å². The number of ether oxygens (including phenoxy) is 1. The first-order chi connectivity index (χ1) is 17.3. The summed E-state index contributed by atoms with van der Waals surface area (Å²) in [6, 6.07) is 9.40. The number of carbonyl (C=O) groups is 4. The van der Waals surface area contributed by atoms with Crippen LogP contribution >= 0.6 is 11.3 Å². The fourth-order valence-corrected chi connectivity index (χ4v) is 6.89. The molecule has 0 saturated carbocycles. The first-order valence-electron chi connectivity index (χ1n) is 11.5. The highest BCUT2D eigenvalue weighted by molar-refractivity contribution is 7.17. The molecule has 3 aliphatic heterocycles. The van der Waals surface area contributed by atoms with Crippen molar-refractivity contribution < 1.29 is 28.3 Å². The Morgan fingerprint density at radius 1 is 1.03 bits per heavy atom. The molecule has 3 aromatic rings. The molecule has 1 aromatic carbocycles. The van der Waals surface area contributed by atoms with Gasteiger partial charge < -0.3 is 14.1 Å². The maximum absolute atomic E-state index is 14.1. The maximum atomic E-state index is 14.1. The van der Waals surface area contributed by atoms with Crippen molar-refractivity contribution in [2.45, 2.75) is 25.9 Å². The lowest BCUT2D eigenvalue weighted by Crippen LogP contribution is -2.44. The number of carbonyl (C=O) groups excluding carboxylic acids is 4. The van der Waals surface area contributed by atoms with E-state index in [1.807, 2.05) is 42.2 Å². The van der Waals surface area contributed by atoms with Crippen LogP contribution in [0.1, 0.15) is 48.5 Å². The van der Waals surface area contributed by atoms with Crippen LogP contribution in [-0.4, -0.2) is 41.6 Å². The molecule has 2 aromatic heterocycles. The second-order valence-electron chi connectivity index (χ2n) is 9.14. The SMILES string of the molecule is COC(=O)c1c(N2C(=O)[C@@H]3[C@H](C2=O)[C@H]2c4ccccc4C=CN2[C@H]3C(=O)c2ccco2)sc(C)c1C. The minimum Gasteiger partial charge on any atom is -0.465 e. The van der Waals surface area contributed by atoms with Gasteiger partial charge in [0.2, 0.25) is 17.6 Å². The van der Waals surface area contributed by atoms with E-state index < -0.39 is 41.7 Å². The fourth-order valence-electron chi connectivity index (χ4n) is 5.73. The van der Waals surface area contributed by atoms with Crippen molar-refractivity contribution in [1.29, 1.82) is 0 Å². The molecule has 0 N–H and O–H groups in total. The molecule has 9 heteroatoms. The number of amides is 2. The lowest BCUT2D eigenvalue weighted by Gasteiger charge is -2.34. The Labute approximate surface area is 210 Å². The van der Waals surface area contributed by atoms with Gasteiger partial charge in [-0.15, -0.1) is 11.3 Å². The topological polar surface area (TPSA) is 97.1 Å². The van der Waals surface area contributed by atoms with Crippen molar-refractivity contribution in [3.63, 3.8) is 0 Å². The van der Waals surface area contributed by atoms with E-state index in [0.717, 1.165) is 20.9 Å². The van der Waals surface area contributed by atoms with Crippen LogP contribution in [0.3, 0.4) is 0 Å². The van der Waals surface area contributed by atoms with Crippen LogP contribution in [0.25, 0.3) is 6.08 Å². The quantitative estimate of drug-likeness (QED) is 0.300. The van der Waals surface area contributed by atoms with Gasteiger partial charge in [-0.25, -0.2) is 9.69 Å². The molecule has 8 nitrogen and oxygen atoms in total. The van der Waals surface area contributed by atoms with Crippen LogP contribution in [0.4, 0.5) is 5.00 Å². The molecular weight excluding hydrogens is 480 g/mol. The highest BCUT2D eigenvalue weighted by atomic mass is 32.1. The number of ketones is 1. The van der Waals surface area contributed by atoms with Crippen LogP contribution in [0.15, 0.2) is 53.3 Å². The van der Waals surface area contributed by atoms with E-state index in [4.69, 9.17) is 9.15 Å². The van der Waals surface area contributed by atoms with Crippen molar-refractivity contribution in [1.82, 2.24) is 4.90 Å². The highest BCUT2D eigenvalue weighted by Crippen LogP contribution is 2.54. The summed E-state index contributed by atoms with van der Waals surface area (Å²) in [5, 5.41) is 0.247. The van der Waals surface area contributed by atoms with E-state index in [0.29, 0.717) is 5.56 Å². The highest BCUT2D eigenvalue weighted by Gasteiger charge is 2.65. The number of esters is 1. The third kappa shape index (κ3) is 2.92. The van der Waals surface area contributed by atoms with E-state index >= 15 is 0 Å². The zero-order valence-electron chi connectivity index (χ0n) is 19.8. The minimum absolute atomic E-state index is 0.128. The van der Waals surface area contributed by atoms with Crippen molar-refractivity contribution in [3.05, 3.63) is 81.8 Å². The van der Waals surface area contributed by atoms with Crippen LogP contribution in [0, 0.1) is 25.7 Å². The number of nitrogens with zero attached hydrogens (tertiary/aromatic N) is 2. The van der Waals surface area contributed by atoms with Gasteiger partial charge in [0.1, 0.15) is 11.0 Å². The van der Waals surface area contributed by atoms with Crippen LogP contribution in [0.5, 0.6) is 0 Å². The molecule has 2 fully saturated rings. The molecule has 182 valence electrons. The molecule has 3 aliphatic rings. The van der Waals surface area contributed by atoms with Gasteiger partial charge in [0, 0.05) is 11.1 Å². The standard InChI is InChI=1S/C27H22N2O6S/c1-13-14(2)36-26(18(13)27(33)34-3)29-24(31)19-20(25(29)32)22(23(30)17-9-6-12-35-17)28-11-10-15-7-4-5-8-16(15)21(19)28/h4-12,19-22H,1-3H3/t19-,20+,21+,22+/m0/s1. The fraction of sp³-hybridized carbons (Fsp3) is 0.259. The zero-order chi connectivity index (χ0) is 25.3. The van der Waals surface area contributed by atoms with Crippen molar-refractivity contribution in [2.75, 3.05) is 12.0 Å². The Hall–Kier alpha value is -3.98. The van der Waals surface area contributed by atoms with Gasteiger partial charge in [-0.1, -0.05) is 24.3 Å². The number of methoxy groups -OCH3 is 1. The largest absolute Gasteiger partial charge is 0.465 e. The number of rotatable bonds is 4. The Bertz CT molecular complexity index is 1470. The van der Waals surface area contributed by atoms with Gasteiger partial charge in [-0.05, 0) is 48.7 Å². The molecule has 0 aliphatic carbocycles. The second-order valence-corrected chi connectivity index (χ2v) is 10.3. The van der Waals surface area contributed by atoms with E-state index in [-0.39, 0.29) is 22.1 Å². The third-order valence-electron chi connectivity index (χ3n) is 7.45. The Balaban J connectivity index is 1.52.